The molecule has 0 amide bonds. The molecule has 3 aromatic rings. The predicted octanol–water partition coefficient (Wildman–Crippen LogP) is 4.44. The summed E-state index contributed by atoms with van der Waals surface area (Å²) in [5.41, 5.74) is 0.893. The Balaban J connectivity index is 1.40. The lowest BCUT2D eigenvalue weighted by molar-refractivity contribution is -0.115. The Labute approximate surface area is 146 Å². The van der Waals surface area contributed by atoms with Crippen molar-refractivity contribution in [3.05, 3.63) is 48.0 Å². The Morgan fingerprint density at radius 3 is 2.62 bits per heavy atom. The third-order valence-electron chi connectivity index (χ3n) is 6.13. The van der Waals surface area contributed by atoms with E-state index in [4.69, 9.17) is 0 Å². The van der Waals surface area contributed by atoms with Crippen molar-refractivity contribution < 1.29 is 5.11 Å². The van der Waals surface area contributed by atoms with E-state index in [-0.39, 0.29) is 0 Å². The molecule has 2 bridgehead atoms. The minimum absolute atomic E-state index is 0.467. The van der Waals surface area contributed by atoms with E-state index in [2.05, 4.69) is 47.4 Å². The van der Waals surface area contributed by atoms with Gasteiger partial charge in [-0.15, -0.1) is 11.3 Å². The highest BCUT2D eigenvalue weighted by atomic mass is 32.1. The van der Waals surface area contributed by atoms with Crippen LogP contribution in [0.3, 0.4) is 0 Å². The first-order valence-corrected chi connectivity index (χ1v) is 9.88. The second-order valence-corrected chi connectivity index (χ2v) is 8.67. The quantitative estimate of drug-likeness (QED) is 0.763. The summed E-state index contributed by atoms with van der Waals surface area (Å²) in [6.07, 6.45) is 4.22. The summed E-state index contributed by atoms with van der Waals surface area (Å²) < 4.78 is 2.73. The summed E-state index contributed by atoms with van der Waals surface area (Å²) in [5, 5.41) is 13.8. The molecular weight excluding hydrogens is 314 g/mol. The van der Waals surface area contributed by atoms with Crippen molar-refractivity contribution in [2.45, 2.75) is 31.3 Å². The number of benzene rings is 2. The van der Waals surface area contributed by atoms with Gasteiger partial charge in [0.15, 0.2) is 0 Å². The highest BCUT2D eigenvalue weighted by Gasteiger charge is 2.44. The third-order valence-corrected chi connectivity index (χ3v) is 7.27. The standard InChI is InChI=1S/C21H23NOS/c23-21(14-22-11-8-16(21)9-12-22)10-7-15-5-6-18-17-3-1-2-4-19(17)24-20(18)13-15/h1-6,13,16,23H,7-12,14H2. The maximum Gasteiger partial charge on any atom is 0.0806 e. The normalized spacial score (nSPS) is 29.5. The highest BCUT2D eigenvalue weighted by molar-refractivity contribution is 7.25. The number of rotatable bonds is 3. The van der Waals surface area contributed by atoms with E-state index >= 15 is 0 Å². The molecular formula is C21H23NOS. The van der Waals surface area contributed by atoms with E-state index in [0.717, 1.165) is 19.4 Å². The average molecular weight is 337 g/mol. The first-order chi connectivity index (χ1) is 11.7. The molecule has 1 unspecified atom stereocenters. The summed E-state index contributed by atoms with van der Waals surface area (Å²) in [5.74, 6) is 0.510. The van der Waals surface area contributed by atoms with Crippen LogP contribution in [0.5, 0.6) is 0 Å². The van der Waals surface area contributed by atoms with Crippen molar-refractivity contribution in [2.24, 2.45) is 5.92 Å². The van der Waals surface area contributed by atoms with Crippen molar-refractivity contribution in [2.75, 3.05) is 19.6 Å². The second kappa shape index (κ2) is 5.55. The zero-order chi connectivity index (χ0) is 16.1. The molecule has 124 valence electrons. The Morgan fingerprint density at radius 2 is 1.83 bits per heavy atom. The molecule has 6 rings (SSSR count). The maximum atomic E-state index is 11.1. The predicted molar refractivity (Wildman–Crippen MR) is 102 cm³/mol. The highest BCUT2D eigenvalue weighted by Crippen LogP contribution is 2.39. The molecule has 2 aromatic carbocycles. The number of aryl methyl sites for hydroxylation is 1. The number of hydrogen-bond acceptors (Lipinski definition) is 3. The molecule has 0 saturated carbocycles. The Morgan fingerprint density at radius 1 is 1.04 bits per heavy atom. The van der Waals surface area contributed by atoms with E-state index in [1.54, 1.807) is 0 Å². The summed E-state index contributed by atoms with van der Waals surface area (Å²) in [6, 6.07) is 15.5. The topological polar surface area (TPSA) is 23.5 Å². The molecule has 3 saturated heterocycles. The molecule has 2 nitrogen and oxygen atoms in total. The van der Waals surface area contributed by atoms with Crippen LogP contribution in [0.1, 0.15) is 24.8 Å². The van der Waals surface area contributed by atoms with Crippen molar-refractivity contribution in [3.8, 4) is 0 Å². The SMILES string of the molecule is OC1(CCc2ccc3c(c2)sc2ccccc23)CN2CCC1CC2. The zero-order valence-electron chi connectivity index (χ0n) is 13.9. The molecule has 1 atom stereocenters. The van der Waals surface area contributed by atoms with Gasteiger partial charge in [-0.2, -0.15) is 0 Å². The minimum Gasteiger partial charge on any atom is -0.388 e. The molecule has 1 N–H and O–H groups in total. The Bertz CT molecular complexity index is 893. The van der Waals surface area contributed by atoms with Gasteiger partial charge in [0, 0.05) is 26.7 Å². The third kappa shape index (κ3) is 2.38. The lowest BCUT2D eigenvalue weighted by Gasteiger charge is -2.50. The second-order valence-electron chi connectivity index (χ2n) is 7.58. The monoisotopic (exact) mass is 337 g/mol. The number of thiophene rings is 1. The smallest absolute Gasteiger partial charge is 0.0806 e. The number of fused-ring (bicyclic) bond motifs is 6. The van der Waals surface area contributed by atoms with Crippen LogP contribution in [0.2, 0.25) is 0 Å². The van der Waals surface area contributed by atoms with Gasteiger partial charge in [0.25, 0.3) is 0 Å². The van der Waals surface area contributed by atoms with Gasteiger partial charge in [-0.1, -0.05) is 30.3 Å². The molecule has 3 heteroatoms. The van der Waals surface area contributed by atoms with Gasteiger partial charge in [0.1, 0.15) is 0 Å². The molecule has 0 aliphatic carbocycles. The van der Waals surface area contributed by atoms with Crippen molar-refractivity contribution in [1.82, 2.24) is 4.90 Å². The fourth-order valence-corrected chi connectivity index (χ4v) is 5.88. The van der Waals surface area contributed by atoms with Crippen LogP contribution in [0.15, 0.2) is 42.5 Å². The molecule has 4 heterocycles. The van der Waals surface area contributed by atoms with Gasteiger partial charge in [-0.3, -0.25) is 0 Å². The van der Waals surface area contributed by atoms with Crippen LogP contribution in [-0.4, -0.2) is 35.2 Å². The molecule has 3 fully saturated rings. The largest absolute Gasteiger partial charge is 0.388 e. The molecule has 0 spiro atoms. The molecule has 3 aliphatic rings. The lowest BCUT2D eigenvalue weighted by Crippen LogP contribution is -2.59. The summed E-state index contributed by atoms with van der Waals surface area (Å²) in [4.78, 5) is 2.44. The maximum absolute atomic E-state index is 11.1. The molecule has 24 heavy (non-hydrogen) atoms. The van der Waals surface area contributed by atoms with E-state index < -0.39 is 5.60 Å². The Hall–Kier alpha value is -1.42. The van der Waals surface area contributed by atoms with Gasteiger partial charge in [0.05, 0.1) is 5.60 Å². The van der Waals surface area contributed by atoms with Gasteiger partial charge < -0.3 is 10.0 Å². The minimum atomic E-state index is -0.467. The van der Waals surface area contributed by atoms with E-state index in [1.165, 1.54) is 51.7 Å². The van der Waals surface area contributed by atoms with Crippen LogP contribution in [0, 0.1) is 5.92 Å². The number of hydrogen-bond donors (Lipinski definition) is 1. The van der Waals surface area contributed by atoms with Crippen molar-refractivity contribution in [1.29, 1.82) is 0 Å². The lowest BCUT2D eigenvalue weighted by atomic mass is 9.73. The van der Waals surface area contributed by atoms with Gasteiger partial charge in [-0.25, -0.2) is 0 Å². The average Bonchev–Trinajstić information content (AvgIpc) is 2.98. The number of piperidine rings is 3. The Kier molecular flexibility index (Phi) is 3.44. The zero-order valence-corrected chi connectivity index (χ0v) is 14.7. The van der Waals surface area contributed by atoms with Crippen LogP contribution in [0.4, 0.5) is 0 Å². The first-order valence-electron chi connectivity index (χ1n) is 9.06. The van der Waals surface area contributed by atoms with Gasteiger partial charge in [-0.05, 0) is 62.4 Å². The van der Waals surface area contributed by atoms with Gasteiger partial charge in [0.2, 0.25) is 0 Å². The summed E-state index contributed by atoms with van der Waals surface area (Å²) in [7, 11) is 0. The van der Waals surface area contributed by atoms with Crippen LogP contribution >= 0.6 is 11.3 Å². The van der Waals surface area contributed by atoms with Crippen LogP contribution in [-0.2, 0) is 6.42 Å². The van der Waals surface area contributed by atoms with Gasteiger partial charge >= 0.3 is 0 Å². The summed E-state index contributed by atoms with van der Waals surface area (Å²) in [6.45, 7) is 3.24. The van der Waals surface area contributed by atoms with E-state index in [1.807, 2.05) is 11.3 Å². The van der Waals surface area contributed by atoms with E-state index in [0.29, 0.717) is 5.92 Å². The molecule has 0 radical (unpaired) electrons. The fourth-order valence-electron chi connectivity index (χ4n) is 4.71. The van der Waals surface area contributed by atoms with Crippen molar-refractivity contribution in [3.63, 3.8) is 0 Å². The van der Waals surface area contributed by atoms with Crippen molar-refractivity contribution >= 4 is 31.5 Å². The number of nitrogens with zero attached hydrogens (tertiary/aromatic N) is 1. The fraction of sp³-hybridized carbons (Fsp3) is 0.429. The molecule has 1 aromatic heterocycles. The number of aliphatic hydroxyl groups is 1. The van der Waals surface area contributed by atoms with E-state index in [9.17, 15) is 5.11 Å². The summed E-state index contributed by atoms with van der Waals surface area (Å²) >= 11 is 1.88. The first kappa shape index (κ1) is 14.9. The molecule has 3 aliphatic heterocycles. The van der Waals surface area contributed by atoms with Crippen LogP contribution < -0.4 is 0 Å². The van der Waals surface area contributed by atoms with Crippen LogP contribution in [0.25, 0.3) is 20.2 Å².